The van der Waals surface area contributed by atoms with Crippen molar-refractivity contribution >= 4 is 11.4 Å². The van der Waals surface area contributed by atoms with Crippen LogP contribution in [0.25, 0.3) is 0 Å². The van der Waals surface area contributed by atoms with E-state index in [1.807, 2.05) is 24.3 Å². The summed E-state index contributed by atoms with van der Waals surface area (Å²) in [5.74, 6) is 0.254. The normalized spacial score (nSPS) is 10.8. The van der Waals surface area contributed by atoms with Crippen molar-refractivity contribution in [3.05, 3.63) is 54.1 Å². The Morgan fingerprint density at radius 2 is 1.59 bits per heavy atom. The molecule has 0 spiro atoms. The Kier molecular flexibility index (Phi) is 3.35. The predicted molar refractivity (Wildman–Crippen MR) is 67.2 cm³/mol. The second-order valence-corrected chi connectivity index (χ2v) is 3.66. The number of nitrogens with two attached hydrogens (primary N) is 1. The zero-order valence-corrected chi connectivity index (χ0v) is 9.24. The average Bonchev–Trinajstić information content (AvgIpc) is 2.34. The second-order valence-electron chi connectivity index (χ2n) is 3.66. The van der Waals surface area contributed by atoms with E-state index in [1.165, 1.54) is 0 Å². The van der Waals surface area contributed by atoms with Gasteiger partial charge in [0, 0.05) is 5.69 Å². The molecule has 0 heterocycles. The van der Waals surface area contributed by atoms with Gasteiger partial charge in [-0.05, 0) is 42.0 Å². The summed E-state index contributed by atoms with van der Waals surface area (Å²) >= 11 is 0. The van der Waals surface area contributed by atoms with E-state index in [0.29, 0.717) is 12.2 Å². The molecule has 4 nitrogen and oxygen atoms in total. The third kappa shape index (κ3) is 3.31. The van der Waals surface area contributed by atoms with E-state index in [0.717, 1.165) is 11.3 Å². The minimum atomic E-state index is 0.254. The molecule has 0 amide bonds. The number of hydrogen-bond acceptors (Lipinski definition) is 4. The first-order valence-corrected chi connectivity index (χ1v) is 5.25. The van der Waals surface area contributed by atoms with Crippen molar-refractivity contribution < 1.29 is 5.11 Å². The van der Waals surface area contributed by atoms with Crippen LogP contribution >= 0.6 is 0 Å². The van der Waals surface area contributed by atoms with Crippen LogP contribution in [0.3, 0.4) is 0 Å². The standard InChI is InChI=1S/C13H13N3O/c14-11-3-5-12(6-4-11)16-15-9-10-1-7-13(17)8-2-10/h1-8,17H,9,14H2. The number of azo groups is 1. The maximum absolute atomic E-state index is 9.12. The Labute approximate surface area is 99.4 Å². The first-order chi connectivity index (χ1) is 8.24. The van der Waals surface area contributed by atoms with Gasteiger partial charge in [0.25, 0.3) is 0 Å². The first-order valence-electron chi connectivity index (χ1n) is 5.25. The molecule has 0 fully saturated rings. The van der Waals surface area contributed by atoms with Crippen LogP contribution in [0.2, 0.25) is 0 Å². The lowest BCUT2D eigenvalue weighted by atomic mass is 10.2. The highest BCUT2D eigenvalue weighted by Gasteiger charge is 1.92. The molecule has 2 rings (SSSR count). The molecule has 3 N–H and O–H groups in total. The summed E-state index contributed by atoms with van der Waals surface area (Å²) in [6, 6.07) is 14.1. The fraction of sp³-hybridized carbons (Fsp3) is 0.0769. The molecule has 0 saturated heterocycles. The SMILES string of the molecule is Nc1ccc(N=NCc2ccc(O)cc2)cc1. The molecule has 0 radical (unpaired) electrons. The van der Waals surface area contributed by atoms with Crippen LogP contribution in [-0.2, 0) is 6.54 Å². The van der Waals surface area contributed by atoms with Crippen LogP contribution in [0.5, 0.6) is 5.75 Å². The number of rotatable bonds is 3. The van der Waals surface area contributed by atoms with Gasteiger partial charge in [-0.3, -0.25) is 0 Å². The van der Waals surface area contributed by atoms with Crippen molar-refractivity contribution in [3.63, 3.8) is 0 Å². The van der Waals surface area contributed by atoms with Crippen LogP contribution < -0.4 is 5.73 Å². The fourth-order valence-corrected chi connectivity index (χ4v) is 1.34. The molecule has 0 aliphatic rings. The van der Waals surface area contributed by atoms with Gasteiger partial charge < -0.3 is 10.8 Å². The Hall–Kier alpha value is -2.36. The maximum Gasteiger partial charge on any atom is 0.115 e. The number of hydrogen-bond donors (Lipinski definition) is 2. The molecule has 0 saturated carbocycles. The monoisotopic (exact) mass is 227 g/mol. The number of phenols is 1. The molecule has 0 atom stereocenters. The van der Waals surface area contributed by atoms with Crippen molar-refractivity contribution in [3.8, 4) is 5.75 Å². The van der Waals surface area contributed by atoms with Crippen LogP contribution in [0.15, 0.2) is 58.8 Å². The lowest BCUT2D eigenvalue weighted by molar-refractivity contribution is 0.475. The van der Waals surface area contributed by atoms with E-state index in [-0.39, 0.29) is 5.75 Å². The molecular formula is C13H13N3O. The fourth-order valence-electron chi connectivity index (χ4n) is 1.34. The maximum atomic E-state index is 9.12. The molecule has 0 aromatic heterocycles. The van der Waals surface area contributed by atoms with Crippen LogP contribution in [0.1, 0.15) is 5.56 Å². The van der Waals surface area contributed by atoms with Crippen LogP contribution in [0, 0.1) is 0 Å². The Balaban J connectivity index is 1.97. The van der Waals surface area contributed by atoms with E-state index in [9.17, 15) is 0 Å². The second kappa shape index (κ2) is 5.12. The minimum absolute atomic E-state index is 0.254. The highest BCUT2D eigenvalue weighted by atomic mass is 16.3. The molecular weight excluding hydrogens is 214 g/mol. The first kappa shape index (κ1) is 11.1. The largest absolute Gasteiger partial charge is 0.508 e. The smallest absolute Gasteiger partial charge is 0.115 e. The quantitative estimate of drug-likeness (QED) is 0.624. The van der Waals surface area contributed by atoms with Gasteiger partial charge in [0.05, 0.1) is 12.2 Å². The van der Waals surface area contributed by atoms with Gasteiger partial charge in [-0.15, -0.1) is 0 Å². The van der Waals surface area contributed by atoms with Crippen molar-refractivity contribution in [2.45, 2.75) is 6.54 Å². The topological polar surface area (TPSA) is 71.0 Å². The lowest BCUT2D eigenvalue weighted by Gasteiger charge is -1.96. The van der Waals surface area contributed by atoms with Crippen molar-refractivity contribution in [2.75, 3.05) is 5.73 Å². The summed E-state index contributed by atoms with van der Waals surface area (Å²) in [6.07, 6.45) is 0. The predicted octanol–water partition coefficient (Wildman–Crippen LogP) is 3.26. The molecule has 4 heteroatoms. The minimum Gasteiger partial charge on any atom is -0.508 e. The third-order valence-electron chi connectivity index (χ3n) is 2.27. The summed E-state index contributed by atoms with van der Waals surface area (Å²) in [4.78, 5) is 0. The molecule has 0 unspecified atom stereocenters. The zero-order chi connectivity index (χ0) is 12.1. The third-order valence-corrected chi connectivity index (χ3v) is 2.27. The van der Waals surface area contributed by atoms with E-state index < -0.39 is 0 Å². The van der Waals surface area contributed by atoms with Crippen molar-refractivity contribution in [1.29, 1.82) is 0 Å². The summed E-state index contributed by atoms with van der Waals surface area (Å²) in [5, 5.41) is 17.3. The number of nitrogens with zero attached hydrogens (tertiary/aromatic N) is 2. The molecule has 0 aliphatic carbocycles. The molecule has 2 aromatic carbocycles. The van der Waals surface area contributed by atoms with Gasteiger partial charge >= 0.3 is 0 Å². The summed E-state index contributed by atoms with van der Waals surface area (Å²) in [6.45, 7) is 0.491. The molecule has 2 aromatic rings. The van der Waals surface area contributed by atoms with E-state index >= 15 is 0 Å². The van der Waals surface area contributed by atoms with E-state index in [1.54, 1.807) is 24.3 Å². The van der Waals surface area contributed by atoms with Gasteiger partial charge in [0.2, 0.25) is 0 Å². The number of phenolic OH excluding ortho intramolecular Hbond substituents is 1. The van der Waals surface area contributed by atoms with Crippen LogP contribution in [0.4, 0.5) is 11.4 Å². The van der Waals surface area contributed by atoms with Gasteiger partial charge in [0.1, 0.15) is 5.75 Å². The highest BCUT2D eigenvalue weighted by Crippen LogP contribution is 2.15. The average molecular weight is 227 g/mol. The van der Waals surface area contributed by atoms with Crippen molar-refractivity contribution in [1.82, 2.24) is 0 Å². The summed E-state index contributed by atoms with van der Waals surface area (Å²) in [5.41, 5.74) is 8.05. The summed E-state index contributed by atoms with van der Waals surface area (Å²) < 4.78 is 0. The molecule has 0 bridgehead atoms. The number of benzene rings is 2. The zero-order valence-electron chi connectivity index (χ0n) is 9.24. The van der Waals surface area contributed by atoms with Gasteiger partial charge in [0.15, 0.2) is 0 Å². The number of anilines is 1. The number of aromatic hydroxyl groups is 1. The molecule has 17 heavy (non-hydrogen) atoms. The van der Waals surface area contributed by atoms with Gasteiger partial charge in [-0.25, -0.2) is 0 Å². The highest BCUT2D eigenvalue weighted by molar-refractivity contribution is 5.47. The molecule has 86 valence electrons. The Bertz CT molecular complexity index is 503. The Morgan fingerprint density at radius 3 is 2.24 bits per heavy atom. The van der Waals surface area contributed by atoms with Crippen molar-refractivity contribution in [2.24, 2.45) is 10.2 Å². The Morgan fingerprint density at radius 1 is 0.941 bits per heavy atom. The van der Waals surface area contributed by atoms with Gasteiger partial charge in [-0.1, -0.05) is 12.1 Å². The van der Waals surface area contributed by atoms with Gasteiger partial charge in [-0.2, -0.15) is 10.2 Å². The molecule has 0 aliphatic heterocycles. The van der Waals surface area contributed by atoms with E-state index in [4.69, 9.17) is 10.8 Å². The number of nitrogen functional groups attached to an aromatic ring is 1. The van der Waals surface area contributed by atoms with E-state index in [2.05, 4.69) is 10.2 Å². The lowest BCUT2D eigenvalue weighted by Crippen LogP contribution is -1.81. The van der Waals surface area contributed by atoms with Crippen LogP contribution in [-0.4, -0.2) is 5.11 Å². The summed E-state index contributed by atoms with van der Waals surface area (Å²) in [7, 11) is 0.